The summed E-state index contributed by atoms with van der Waals surface area (Å²) in [5.41, 5.74) is 4.42. The Morgan fingerprint density at radius 3 is 2.42 bits per heavy atom. The predicted octanol–water partition coefficient (Wildman–Crippen LogP) is 5.09. The number of unbranched alkanes of at least 4 members (excludes halogenated alkanes) is 1. The Morgan fingerprint density at radius 2 is 1.73 bits per heavy atom. The van der Waals surface area contributed by atoms with Gasteiger partial charge < -0.3 is 4.57 Å². The zero-order valence-corrected chi connectivity index (χ0v) is 23.3. The molecule has 3 aromatic carbocycles. The van der Waals surface area contributed by atoms with Gasteiger partial charge in [-0.05, 0) is 40.5 Å². The molecule has 40 heavy (non-hydrogen) atoms. The SMILES string of the molecule is CCCCc1nc(Cl)c(C=NNS(=O)(=O)c2ccccc2)n1Cc1ccc(-c2ccccc2-c2nn[nH]n2)cc1. The van der Waals surface area contributed by atoms with Crippen LogP contribution in [0.3, 0.4) is 0 Å². The average molecular weight is 575 g/mol. The minimum absolute atomic E-state index is 0.122. The van der Waals surface area contributed by atoms with E-state index in [0.29, 0.717) is 18.1 Å². The zero-order chi connectivity index (χ0) is 28.0. The third-order valence-electron chi connectivity index (χ3n) is 6.33. The molecule has 2 aromatic heterocycles. The van der Waals surface area contributed by atoms with Gasteiger partial charge in [0.05, 0.1) is 11.1 Å². The molecule has 0 saturated carbocycles. The van der Waals surface area contributed by atoms with Crippen LogP contribution >= 0.6 is 11.6 Å². The number of sulfonamides is 1. The fraction of sp³-hybridized carbons (Fsp3) is 0.179. The molecule has 0 spiro atoms. The fourth-order valence-corrected chi connectivity index (χ4v) is 5.35. The molecular weight excluding hydrogens is 548 g/mol. The third kappa shape index (κ3) is 6.11. The van der Waals surface area contributed by atoms with E-state index in [1.54, 1.807) is 18.2 Å². The van der Waals surface area contributed by atoms with Crippen LogP contribution in [0.1, 0.15) is 36.8 Å². The van der Waals surface area contributed by atoms with E-state index < -0.39 is 10.0 Å². The summed E-state index contributed by atoms with van der Waals surface area (Å²) in [5, 5.41) is 18.7. The van der Waals surface area contributed by atoms with E-state index in [0.717, 1.165) is 47.3 Å². The maximum Gasteiger partial charge on any atom is 0.276 e. The molecule has 0 unspecified atom stereocenters. The smallest absolute Gasteiger partial charge is 0.276 e. The van der Waals surface area contributed by atoms with E-state index in [4.69, 9.17) is 11.6 Å². The van der Waals surface area contributed by atoms with Crippen molar-refractivity contribution >= 4 is 27.8 Å². The average Bonchev–Trinajstić information content (AvgIpc) is 3.62. The van der Waals surface area contributed by atoms with Crippen molar-refractivity contribution in [1.82, 2.24) is 35.0 Å². The summed E-state index contributed by atoms with van der Waals surface area (Å²) >= 11 is 6.51. The maximum absolute atomic E-state index is 12.6. The van der Waals surface area contributed by atoms with Crippen molar-refractivity contribution < 1.29 is 8.42 Å². The lowest BCUT2D eigenvalue weighted by molar-refractivity contribution is 0.584. The second-order valence-corrected chi connectivity index (χ2v) is 11.1. The number of nitrogens with one attached hydrogen (secondary N) is 2. The largest absolute Gasteiger partial charge is 0.321 e. The molecule has 0 aliphatic carbocycles. The molecule has 12 heteroatoms. The molecular formula is C28H27ClN8O2S. The lowest BCUT2D eigenvalue weighted by atomic mass is 9.98. The van der Waals surface area contributed by atoms with E-state index in [1.807, 2.05) is 53.1 Å². The van der Waals surface area contributed by atoms with Crippen molar-refractivity contribution in [3.63, 3.8) is 0 Å². The van der Waals surface area contributed by atoms with Crippen LogP contribution in [0.5, 0.6) is 0 Å². The van der Waals surface area contributed by atoms with Crippen LogP contribution in [0, 0.1) is 0 Å². The number of tetrazole rings is 1. The van der Waals surface area contributed by atoms with E-state index in [9.17, 15) is 8.42 Å². The highest BCUT2D eigenvalue weighted by Gasteiger charge is 2.17. The van der Waals surface area contributed by atoms with Crippen LogP contribution in [-0.2, 0) is 23.0 Å². The van der Waals surface area contributed by atoms with Crippen LogP contribution < -0.4 is 4.83 Å². The molecule has 0 atom stereocenters. The van der Waals surface area contributed by atoms with Gasteiger partial charge in [-0.1, -0.05) is 91.7 Å². The molecule has 204 valence electrons. The number of aromatic amines is 1. The standard InChI is InChI=1S/C28H27ClN8O2S/c1-2-3-13-26-31-27(29)25(18-30-36-40(38,39)22-9-5-4-6-10-22)37(26)19-20-14-16-21(17-15-20)23-11-7-8-12-24(23)28-32-34-35-33-28/h4-12,14-18,36H,2-3,13,19H2,1H3,(H,32,33,34,35). The normalized spacial score (nSPS) is 11.8. The first-order valence-corrected chi connectivity index (χ1v) is 14.6. The highest BCUT2D eigenvalue weighted by molar-refractivity contribution is 7.89. The molecule has 5 rings (SSSR count). The topological polar surface area (TPSA) is 131 Å². The number of hydrogen-bond acceptors (Lipinski definition) is 7. The number of halogens is 1. The monoisotopic (exact) mass is 574 g/mol. The van der Waals surface area contributed by atoms with Crippen molar-refractivity contribution in [2.45, 2.75) is 37.6 Å². The van der Waals surface area contributed by atoms with Gasteiger partial charge >= 0.3 is 0 Å². The second kappa shape index (κ2) is 12.2. The van der Waals surface area contributed by atoms with Crippen molar-refractivity contribution in [2.24, 2.45) is 5.10 Å². The van der Waals surface area contributed by atoms with Crippen molar-refractivity contribution in [3.05, 3.63) is 101 Å². The predicted molar refractivity (Wildman–Crippen MR) is 154 cm³/mol. The highest BCUT2D eigenvalue weighted by Crippen LogP contribution is 2.30. The number of benzene rings is 3. The molecule has 0 saturated heterocycles. The number of imidazole rings is 1. The Bertz CT molecular complexity index is 1700. The summed E-state index contributed by atoms with van der Waals surface area (Å²) in [6.45, 7) is 2.60. The molecule has 2 N–H and O–H groups in total. The second-order valence-electron chi connectivity index (χ2n) is 9.04. The summed E-state index contributed by atoms with van der Waals surface area (Å²) in [7, 11) is -3.81. The van der Waals surface area contributed by atoms with Crippen molar-refractivity contribution in [3.8, 4) is 22.5 Å². The van der Waals surface area contributed by atoms with Crippen LogP contribution in [-0.4, -0.2) is 44.8 Å². The Kier molecular flexibility index (Phi) is 8.32. The Morgan fingerprint density at radius 1 is 1.00 bits per heavy atom. The lowest BCUT2D eigenvalue weighted by Crippen LogP contribution is -2.18. The molecule has 0 aliphatic heterocycles. The molecule has 0 fully saturated rings. The third-order valence-corrected chi connectivity index (χ3v) is 7.84. The van der Waals surface area contributed by atoms with Gasteiger partial charge in [0.2, 0.25) is 5.82 Å². The Labute approximate surface area is 237 Å². The highest BCUT2D eigenvalue weighted by atomic mass is 35.5. The minimum Gasteiger partial charge on any atom is -0.321 e. The first kappa shape index (κ1) is 27.2. The quantitative estimate of drug-likeness (QED) is 0.167. The van der Waals surface area contributed by atoms with E-state index in [1.165, 1.54) is 18.3 Å². The number of hydrogen-bond donors (Lipinski definition) is 2. The molecule has 0 amide bonds. The first-order chi connectivity index (χ1) is 19.5. The lowest BCUT2D eigenvalue weighted by Gasteiger charge is -2.12. The number of rotatable bonds is 11. The van der Waals surface area contributed by atoms with Crippen molar-refractivity contribution in [1.29, 1.82) is 0 Å². The summed E-state index contributed by atoms with van der Waals surface area (Å²) in [4.78, 5) is 6.94. The van der Waals surface area contributed by atoms with Crippen LogP contribution in [0.4, 0.5) is 0 Å². The van der Waals surface area contributed by atoms with E-state index in [-0.39, 0.29) is 10.0 Å². The van der Waals surface area contributed by atoms with Gasteiger partial charge in [-0.25, -0.2) is 9.82 Å². The van der Waals surface area contributed by atoms with Gasteiger partial charge in [-0.15, -0.1) is 10.2 Å². The molecule has 5 aromatic rings. The fourth-order valence-electron chi connectivity index (χ4n) is 4.29. The maximum atomic E-state index is 12.6. The first-order valence-electron chi connectivity index (χ1n) is 12.7. The molecule has 0 bridgehead atoms. The number of nitrogens with zero attached hydrogens (tertiary/aromatic N) is 6. The summed E-state index contributed by atoms with van der Waals surface area (Å²) in [6.07, 6.45) is 4.08. The van der Waals surface area contributed by atoms with Gasteiger partial charge in [0.15, 0.2) is 5.15 Å². The summed E-state index contributed by atoms with van der Waals surface area (Å²) in [6, 6.07) is 24.1. The number of hydrazone groups is 1. The van der Waals surface area contributed by atoms with Crippen LogP contribution in [0.2, 0.25) is 5.15 Å². The van der Waals surface area contributed by atoms with Crippen molar-refractivity contribution in [2.75, 3.05) is 0 Å². The van der Waals surface area contributed by atoms with Gasteiger partial charge in [0.1, 0.15) is 11.5 Å². The van der Waals surface area contributed by atoms with Crippen LogP contribution in [0.15, 0.2) is 88.9 Å². The van der Waals surface area contributed by atoms with Gasteiger partial charge in [0, 0.05) is 18.5 Å². The molecule has 2 heterocycles. The molecule has 10 nitrogen and oxygen atoms in total. The van der Waals surface area contributed by atoms with Gasteiger partial charge in [0.25, 0.3) is 10.0 Å². The summed E-state index contributed by atoms with van der Waals surface area (Å²) in [5.74, 6) is 1.34. The summed E-state index contributed by atoms with van der Waals surface area (Å²) < 4.78 is 27.1. The molecule has 0 aliphatic rings. The number of aryl methyl sites for hydroxylation is 1. The van der Waals surface area contributed by atoms with E-state index >= 15 is 0 Å². The number of aromatic nitrogens is 6. The van der Waals surface area contributed by atoms with Gasteiger partial charge in [-0.3, -0.25) is 0 Å². The molecule has 0 radical (unpaired) electrons. The zero-order valence-electron chi connectivity index (χ0n) is 21.7. The number of H-pyrrole nitrogens is 1. The van der Waals surface area contributed by atoms with Crippen LogP contribution in [0.25, 0.3) is 22.5 Å². The Balaban J connectivity index is 1.41. The minimum atomic E-state index is -3.81. The van der Waals surface area contributed by atoms with E-state index in [2.05, 4.69) is 42.5 Å². The van der Waals surface area contributed by atoms with Gasteiger partial charge in [-0.2, -0.15) is 18.7 Å². The Hall–Kier alpha value is -4.35.